The van der Waals surface area contributed by atoms with Crippen molar-refractivity contribution in [2.45, 2.75) is 31.8 Å². The molecule has 1 amide bonds. The molecule has 1 atom stereocenters. The zero-order valence-electron chi connectivity index (χ0n) is 10.3. The minimum atomic E-state index is 0.121. The normalized spacial score (nSPS) is 19.7. The van der Waals surface area contributed by atoms with Crippen LogP contribution in [0, 0.1) is 11.3 Å². The third-order valence-corrected chi connectivity index (χ3v) is 3.13. The molecule has 94 valence electrons. The van der Waals surface area contributed by atoms with Crippen LogP contribution in [-0.2, 0) is 11.3 Å². The molecular weight excluding hydrogens is 226 g/mol. The molecule has 1 aromatic carbocycles. The summed E-state index contributed by atoms with van der Waals surface area (Å²) >= 11 is 0. The molecule has 0 radical (unpaired) electrons. The SMILES string of the molecule is N#Cc1cccc(CNC2CCCNC(=O)C2)c1. The molecule has 1 saturated heterocycles. The Labute approximate surface area is 107 Å². The summed E-state index contributed by atoms with van der Waals surface area (Å²) in [6.07, 6.45) is 2.57. The fourth-order valence-corrected chi connectivity index (χ4v) is 2.16. The third-order valence-electron chi connectivity index (χ3n) is 3.13. The van der Waals surface area contributed by atoms with E-state index in [1.54, 1.807) is 6.07 Å². The fourth-order valence-electron chi connectivity index (χ4n) is 2.16. The summed E-state index contributed by atoms with van der Waals surface area (Å²) in [7, 11) is 0. The molecule has 0 bridgehead atoms. The average Bonchev–Trinajstić information content (AvgIpc) is 2.61. The number of carbonyl (C=O) groups is 1. The number of hydrogen-bond acceptors (Lipinski definition) is 3. The molecule has 0 aromatic heterocycles. The lowest BCUT2D eigenvalue weighted by atomic mass is 10.1. The molecular formula is C14H17N3O. The van der Waals surface area contributed by atoms with E-state index in [9.17, 15) is 4.79 Å². The Morgan fingerprint density at radius 1 is 1.50 bits per heavy atom. The van der Waals surface area contributed by atoms with Crippen molar-refractivity contribution in [2.75, 3.05) is 6.54 Å². The monoisotopic (exact) mass is 243 g/mol. The summed E-state index contributed by atoms with van der Waals surface area (Å²) in [6, 6.07) is 9.91. The van der Waals surface area contributed by atoms with Gasteiger partial charge in [-0.2, -0.15) is 5.26 Å². The average molecular weight is 243 g/mol. The van der Waals surface area contributed by atoms with Gasteiger partial charge in [-0.25, -0.2) is 0 Å². The summed E-state index contributed by atoms with van der Waals surface area (Å²) < 4.78 is 0. The van der Waals surface area contributed by atoms with Gasteiger partial charge in [0.15, 0.2) is 0 Å². The Kier molecular flexibility index (Phi) is 4.32. The molecule has 1 fully saturated rings. The Morgan fingerprint density at radius 2 is 2.39 bits per heavy atom. The topological polar surface area (TPSA) is 64.9 Å². The third kappa shape index (κ3) is 3.57. The second-order valence-corrected chi connectivity index (χ2v) is 4.59. The zero-order valence-corrected chi connectivity index (χ0v) is 10.3. The molecule has 2 rings (SSSR count). The minimum absolute atomic E-state index is 0.121. The number of amides is 1. The smallest absolute Gasteiger partial charge is 0.221 e. The predicted molar refractivity (Wildman–Crippen MR) is 68.6 cm³/mol. The fraction of sp³-hybridized carbons (Fsp3) is 0.429. The first-order valence-electron chi connectivity index (χ1n) is 6.27. The van der Waals surface area contributed by atoms with Crippen LogP contribution in [0.5, 0.6) is 0 Å². The van der Waals surface area contributed by atoms with E-state index in [0.29, 0.717) is 18.5 Å². The summed E-state index contributed by atoms with van der Waals surface area (Å²) in [6.45, 7) is 1.48. The molecule has 0 aliphatic carbocycles. The molecule has 0 spiro atoms. The lowest BCUT2D eigenvalue weighted by Crippen LogP contribution is -2.32. The van der Waals surface area contributed by atoms with Crippen LogP contribution in [0.15, 0.2) is 24.3 Å². The van der Waals surface area contributed by atoms with Gasteiger partial charge in [0.25, 0.3) is 0 Å². The number of hydrogen-bond donors (Lipinski definition) is 2. The van der Waals surface area contributed by atoms with Crippen molar-refractivity contribution in [1.82, 2.24) is 10.6 Å². The zero-order chi connectivity index (χ0) is 12.8. The molecule has 1 unspecified atom stereocenters. The summed E-state index contributed by atoms with van der Waals surface area (Å²) in [5.41, 5.74) is 1.76. The van der Waals surface area contributed by atoms with Gasteiger partial charge in [0.1, 0.15) is 0 Å². The standard InChI is InChI=1S/C14H17N3O/c15-9-11-3-1-4-12(7-11)10-17-13-5-2-6-16-14(18)8-13/h1,3-4,7,13,17H,2,5-6,8,10H2,(H,16,18). The maximum atomic E-state index is 11.4. The summed E-state index contributed by atoms with van der Waals surface area (Å²) in [5.74, 6) is 0.121. The van der Waals surface area contributed by atoms with E-state index in [1.165, 1.54) is 0 Å². The largest absolute Gasteiger partial charge is 0.356 e. The van der Waals surface area contributed by atoms with Gasteiger partial charge in [0.2, 0.25) is 5.91 Å². The quantitative estimate of drug-likeness (QED) is 0.841. The van der Waals surface area contributed by atoms with Gasteiger partial charge in [-0.1, -0.05) is 12.1 Å². The highest BCUT2D eigenvalue weighted by molar-refractivity contribution is 5.76. The van der Waals surface area contributed by atoms with Crippen molar-refractivity contribution in [3.05, 3.63) is 35.4 Å². The number of benzene rings is 1. The van der Waals surface area contributed by atoms with Gasteiger partial charge in [-0.05, 0) is 30.5 Å². The molecule has 4 heteroatoms. The van der Waals surface area contributed by atoms with Crippen molar-refractivity contribution in [3.8, 4) is 6.07 Å². The van der Waals surface area contributed by atoms with Crippen molar-refractivity contribution in [1.29, 1.82) is 5.26 Å². The molecule has 1 aliphatic heterocycles. The second-order valence-electron chi connectivity index (χ2n) is 4.59. The van der Waals surface area contributed by atoms with Gasteiger partial charge in [-0.15, -0.1) is 0 Å². The van der Waals surface area contributed by atoms with E-state index in [1.807, 2.05) is 18.2 Å². The number of nitrogens with zero attached hydrogens (tertiary/aromatic N) is 1. The molecule has 18 heavy (non-hydrogen) atoms. The van der Waals surface area contributed by atoms with Crippen LogP contribution in [0.2, 0.25) is 0 Å². The first-order chi connectivity index (χ1) is 8.78. The van der Waals surface area contributed by atoms with Crippen LogP contribution >= 0.6 is 0 Å². The highest BCUT2D eigenvalue weighted by Crippen LogP contribution is 2.09. The lowest BCUT2D eigenvalue weighted by molar-refractivity contribution is -0.121. The molecule has 4 nitrogen and oxygen atoms in total. The van der Waals surface area contributed by atoms with Gasteiger partial charge in [-0.3, -0.25) is 4.79 Å². The van der Waals surface area contributed by atoms with Crippen LogP contribution in [0.25, 0.3) is 0 Å². The van der Waals surface area contributed by atoms with E-state index < -0.39 is 0 Å². The van der Waals surface area contributed by atoms with Crippen molar-refractivity contribution in [2.24, 2.45) is 0 Å². The molecule has 0 saturated carbocycles. The Hall–Kier alpha value is -1.86. The first kappa shape index (κ1) is 12.6. The van der Waals surface area contributed by atoms with Crippen LogP contribution < -0.4 is 10.6 Å². The van der Waals surface area contributed by atoms with E-state index in [-0.39, 0.29) is 11.9 Å². The van der Waals surface area contributed by atoms with E-state index in [4.69, 9.17) is 5.26 Å². The van der Waals surface area contributed by atoms with E-state index in [2.05, 4.69) is 16.7 Å². The molecule has 2 N–H and O–H groups in total. The maximum Gasteiger partial charge on any atom is 0.221 e. The number of nitriles is 1. The number of rotatable bonds is 3. The van der Waals surface area contributed by atoms with E-state index >= 15 is 0 Å². The van der Waals surface area contributed by atoms with Gasteiger partial charge in [0.05, 0.1) is 11.6 Å². The first-order valence-corrected chi connectivity index (χ1v) is 6.27. The molecule has 1 heterocycles. The second kappa shape index (κ2) is 6.18. The molecule has 1 aliphatic rings. The minimum Gasteiger partial charge on any atom is -0.356 e. The van der Waals surface area contributed by atoms with Gasteiger partial charge >= 0.3 is 0 Å². The Balaban J connectivity index is 1.90. The van der Waals surface area contributed by atoms with Crippen molar-refractivity contribution < 1.29 is 4.79 Å². The maximum absolute atomic E-state index is 11.4. The Bertz CT molecular complexity index is 464. The predicted octanol–water partition coefficient (Wildman–Crippen LogP) is 1.32. The van der Waals surface area contributed by atoms with Crippen molar-refractivity contribution >= 4 is 5.91 Å². The highest BCUT2D eigenvalue weighted by atomic mass is 16.1. The lowest BCUT2D eigenvalue weighted by Gasteiger charge is -2.15. The van der Waals surface area contributed by atoms with Gasteiger partial charge < -0.3 is 10.6 Å². The Morgan fingerprint density at radius 3 is 3.22 bits per heavy atom. The highest BCUT2D eigenvalue weighted by Gasteiger charge is 2.16. The van der Waals surface area contributed by atoms with Crippen LogP contribution in [0.1, 0.15) is 30.4 Å². The molecule has 1 aromatic rings. The van der Waals surface area contributed by atoms with Gasteiger partial charge in [0, 0.05) is 25.6 Å². The van der Waals surface area contributed by atoms with Crippen LogP contribution in [0.4, 0.5) is 0 Å². The number of nitrogens with one attached hydrogen (secondary N) is 2. The summed E-state index contributed by atoms with van der Waals surface area (Å²) in [5, 5.41) is 15.1. The number of carbonyl (C=O) groups excluding carboxylic acids is 1. The van der Waals surface area contributed by atoms with Crippen molar-refractivity contribution in [3.63, 3.8) is 0 Å². The van der Waals surface area contributed by atoms with E-state index in [0.717, 1.165) is 24.9 Å². The van der Waals surface area contributed by atoms with Crippen LogP contribution in [0.3, 0.4) is 0 Å². The van der Waals surface area contributed by atoms with Crippen LogP contribution in [-0.4, -0.2) is 18.5 Å². The summed E-state index contributed by atoms with van der Waals surface area (Å²) in [4.78, 5) is 11.4.